The summed E-state index contributed by atoms with van der Waals surface area (Å²) in [6, 6.07) is 3.09. The summed E-state index contributed by atoms with van der Waals surface area (Å²) in [5.74, 6) is 1.13. The minimum absolute atomic E-state index is 0.259. The van der Waals surface area contributed by atoms with Gasteiger partial charge in [-0.1, -0.05) is 5.10 Å². The molecule has 0 bridgehead atoms. The SMILES string of the molecule is CCOc1c(Br)cc([C@H]2C(C(=O)OC(C)C)=C(C)Nc3nnnn32)cc1OC. The Bertz CT molecular complexity index is 925. The highest BCUT2D eigenvalue weighted by molar-refractivity contribution is 9.10. The monoisotopic (exact) mass is 451 g/mol. The molecule has 1 aliphatic rings. The van der Waals surface area contributed by atoms with Crippen LogP contribution >= 0.6 is 15.9 Å². The molecule has 2 aromatic rings. The third-order valence-corrected chi connectivity index (χ3v) is 4.72. The van der Waals surface area contributed by atoms with Crippen LogP contribution in [0.15, 0.2) is 27.9 Å². The standard InChI is InChI=1S/C18H22BrN5O4/c1-6-27-16-12(19)7-11(8-13(16)26-5)15-14(17(25)28-9(2)3)10(4)20-18-21-22-23-24(15)18/h7-9,15H,6H2,1-5H3,(H,20,21,23)/t15-/m0/s1. The van der Waals surface area contributed by atoms with Crippen LogP contribution in [-0.2, 0) is 9.53 Å². The Morgan fingerprint density at radius 1 is 1.39 bits per heavy atom. The number of tetrazole rings is 1. The second-order valence-electron chi connectivity index (χ2n) is 6.43. The van der Waals surface area contributed by atoms with E-state index in [9.17, 15) is 4.79 Å². The smallest absolute Gasteiger partial charge is 0.338 e. The minimum atomic E-state index is -0.585. The van der Waals surface area contributed by atoms with E-state index in [-0.39, 0.29) is 6.10 Å². The van der Waals surface area contributed by atoms with Crippen molar-refractivity contribution >= 4 is 27.8 Å². The molecule has 2 heterocycles. The predicted molar refractivity (Wildman–Crippen MR) is 105 cm³/mol. The Morgan fingerprint density at radius 2 is 2.14 bits per heavy atom. The van der Waals surface area contributed by atoms with Crippen LogP contribution in [0, 0.1) is 0 Å². The van der Waals surface area contributed by atoms with Crippen LogP contribution in [0.25, 0.3) is 0 Å². The molecule has 0 saturated heterocycles. The van der Waals surface area contributed by atoms with Crippen LogP contribution in [0.2, 0.25) is 0 Å². The van der Waals surface area contributed by atoms with Crippen molar-refractivity contribution in [2.45, 2.75) is 39.8 Å². The lowest BCUT2D eigenvalue weighted by Gasteiger charge is -2.28. The molecule has 0 amide bonds. The number of carbonyl (C=O) groups is 1. The number of rotatable bonds is 6. The van der Waals surface area contributed by atoms with Crippen molar-refractivity contribution in [2.75, 3.05) is 19.0 Å². The number of hydrogen-bond donors (Lipinski definition) is 1. The van der Waals surface area contributed by atoms with Crippen LogP contribution in [-0.4, -0.2) is 46.0 Å². The van der Waals surface area contributed by atoms with Gasteiger partial charge in [0.25, 0.3) is 0 Å². The highest BCUT2D eigenvalue weighted by Crippen LogP contribution is 2.42. The van der Waals surface area contributed by atoms with E-state index in [0.717, 1.165) is 5.56 Å². The molecule has 1 aromatic heterocycles. The first-order valence-electron chi connectivity index (χ1n) is 8.84. The highest BCUT2D eigenvalue weighted by Gasteiger charge is 2.36. The molecule has 1 aliphatic heterocycles. The lowest BCUT2D eigenvalue weighted by atomic mass is 9.95. The molecule has 1 aromatic carbocycles. The van der Waals surface area contributed by atoms with Gasteiger partial charge in [0, 0.05) is 5.70 Å². The fourth-order valence-corrected chi connectivity index (χ4v) is 3.62. The van der Waals surface area contributed by atoms with Gasteiger partial charge in [-0.3, -0.25) is 0 Å². The maximum atomic E-state index is 12.9. The molecule has 9 nitrogen and oxygen atoms in total. The second kappa shape index (κ2) is 8.17. The van der Waals surface area contributed by atoms with Gasteiger partial charge in [-0.2, -0.15) is 4.68 Å². The Morgan fingerprint density at radius 3 is 2.79 bits per heavy atom. The maximum Gasteiger partial charge on any atom is 0.338 e. The number of methoxy groups -OCH3 is 1. The largest absolute Gasteiger partial charge is 0.493 e. The number of nitrogens with one attached hydrogen (secondary N) is 1. The number of nitrogens with zero attached hydrogens (tertiary/aromatic N) is 4. The molecule has 0 aliphatic carbocycles. The molecular formula is C18H22BrN5O4. The summed E-state index contributed by atoms with van der Waals surface area (Å²) in [6.45, 7) is 7.79. The lowest BCUT2D eigenvalue weighted by molar-refractivity contribution is -0.143. The quantitative estimate of drug-likeness (QED) is 0.668. The van der Waals surface area contributed by atoms with E-state index in [1.807, 2.05) is 19.1 Å². The van der Waals surface area contributed by atoms with Gasteiger partial charge in [-0.15, -0.1) is 0 Å². The summed E-state index contributed by atoms with van der Waals surface area (Å²) in [5, 5.41) is 14.8. The van der Waals surface area contributed by atoms with Crippen molar-refractivity contribution in [3.05, 3.63) is 33.4 Å². The first-order chi connectivity index (χ1) is 13.4. The van der Waals surface area contributed by atoms with Crippen molar-refractivity contribution in [1.82, 2.24) is 20.2 Å². The summed E-state index contributed by atoms with van der Waals surface area (Å²) in [5.41, 5.74) is 1.80. The summed E-state index contributed by atoms with van der Waals surface area (Å²) < 4.78 is 18.9. The summed E-state index contributed by atoms with van der Waals surface area (Å²) in [4.78, 5) is 12.9. The van der Waals surface area contributed by atoms with Gasteiger partial charge in [-0.25, -0.2) is 4.79 Å². The van der Waals surface area contributed by atoms with E-state index >= 15 is 0 Å². The number of aromatic nitrogens is 4. The van der Waals surface area contributed by atoms with Gasteiger partial charge in [0.15, 0.2) is 11.5 Å². The Balaban J connectivity index is 2.16. The van der Waals surface area contributed by atoms with Crippen LogP contribution in [0.1, 0.15) is 39.3 Å². The molecule has 28 heavy (non-hydrogen) atoms. The fraction of sp³-hybridized carbons (Fsp3) is 0.444. The summed E-state index contributed by atoms with van der Waals surface area (Å²) in [7, 11) is 1.56. The zero-order valence-electron chi connectivity index (χ0n) is 16.3. The predicted octanol–water partition coefficient (Wildman–Crippen LogP) is 3.08. The molecule has 0 spiro atoms. The first-order valence-corrected chi connectivity index (χ1v) is 9.63. The van der Waals surface area contributed by atoms with Gasteiger partial charge in [0.1, 0.15) is 6.04 Å². The molecule has 0 radical (unpaired) electrons. The molecule has 1 atom stereocenters. The molecule has 10 heteroatoms. The van der Waals surface area contributed by atoms with Crippen LogP contribution in [0.4, 0.5) is 5.95 Å². The fourth-order valence-electron chi connectivity index (χ4n) is 3.04. The van der Waals surface area contributed by atoms with Crippen LogP contribution in [0.3, 0.4) is 0 Å². The van der Waals surface area contributed by atoms with Gasteiger partial charge < -0.3 is 19.5 Å². The number of allylic oxidation sites excluding steroid dienone is 1. The second-order valence-corrected chi connectivity index (χ2v) is 7.29. The number of benzene rings is 1. The van der Waals surface area contributed by atoms with Crippen LogP contribution in [0.5, 0.6) is 11.5 Å². The summed E-state index contributed by atoms with van der Waals surface area (Å²) >= 11 is 3.54. The Hall–Kier alpha value is -2.62. The van der Waals surface area contributed by atoms with E-state index in [0.29, 0.717) is 39.8 Å². The van der Waals surface area contributed by atoms with Gasteiger partial charge >= 0.3 is 5.97 Å². The lowest BCUT2D eigenvalue weighted by Crippen LogP contribution is -2.30. The van der Waals surface area contributed by atoms with Crippen molar-refractivity contribution in [3.63, 3.8) is 0 Å². The van der Waals surface area contributed by atoms with Gasteiger partial charge in [0.05, 0.1) is 29.9 Å². The number of halogens is 1. The normalized spacial score (nSPS) is 15.9. The Labute approximate surface area is 171 Å². The molecule has 0 fully saturated rings. The van der Waals surface area contributed by atoms with E-state index in [2.05, 4.69) is 36.8 Å². The third-order valence-electron chi connectivity index (χ3n) is 4.13. The van der Waals surface area contributed by atoms with E-state index < -0.39 is 12.0 Å². The van der Waals surface area contributed by atoms with E-state index in [1.54, 1.807) is 32.6 Å². The number of ether oxygens (including phenoxy) is 3. The van der Waals surface area contributed by atoms with Crippen molar-refractivity contribution in [3.8, 4) is 11.5 Å². The van der Waals surface area contributed by atoms with Crippen molar-refractivity contribution < 1.29 is 19.0 Å². The topological polar surface area (TPSA) is 100 Å². The average Bonchev–Trinajstić information content (AvgIpc) is 3.09. The molecular weight excluding hydrogens is 430 g/mol. The number of carbonyl (C=O) groups excluding carboxylic acids is 1. The van der Waals surface area contributed by atoms with Gasteiger partial charge in [-0.05, 0) is 71.7 Å². The Kier molecular flexibility index (Phi) is 5.87. The molecule has 0 saturated carbocycles. The number of hydrogen-bond acceptors (Lipinski definition) is 8. The molecule has 0 unspecified atom stereocenters. The third kappa shape index (κ3) is 3.68. The molecule has 150 valence electrons. The van der Waals surface area contributed by atoms with E-state index in [4.69, 9.17) is 14.2 Å². The minimum Gasteiger partial charge on any atom is -0.493 e. The van der Waals surface area contributed by atoms with Crippen molar-refractivity contribution in [1.29, 1.82) is 0 Å². The van der Waals surface area contributed by atoms with Crippen molar-refractivity contribution in [2.24, 2.45) is 0 Å². The average molecular weight is 452 g/mol. The number of fused-ring (bicyclic) bond motifs is 1. The summed E-state index contributed by atoms with van der Waals surface area (Å²) in [6.07, 6.45) is -0.259. The molecule has 3 rings (SSSR count). The van der Waals surface area contributed by atoms with Crippen LogP contribution < -0.4 is 14.8 Å². The molecule has 1 N–H and O–H groups in total. The number of anilines is 1. The zero-order chi connectivity index (χ0) is 20.4. The first kappa shape index (κ1) is 20.1. The zero-order valence-corrected chi connectivity index (χ0v) is 17.9. The highest BCUT2D eigenvalue weighted by atomic mass is 79.9. The maximum absolute atomic E-state index is 12.9. The van der Waals surface area contributed by atoms with Gasteiger partial charge in [0.2, 0.25) is 5.95 Å². The van der Waals surface area contributed by atoms with E-state index in [1.165, 1.54) is 0 Å². The number of esters is 1.